The van der Waals surface area contributed by atoms with Crippen LogP contribution in [0.4, 0.5) is 9.18 Å². The molecule has 1 aromatic heterocycles. The molecular formula is C16H11ClFN3O4. The van der Waals surface area contributed by atoms with Crippen molar-refractivity contribution in [2.24, 2.45) is 12.8 Å². The molecule has 0 saturated carbocycles. The lowest BCUT2D eigenvalue weighted by atomic mass is 10.2. The molecule has 0 radical (unpaired) electrons. The summed E-state index contributed by atoms with van der Waals surface area (Å²) >= 11 is 6.03. The van der Waals surface area contributed by atoms with E-state index in [1.165, 1.54) is 43.7 Å². The molecular weight excluding hydrogens is 353 g/mol. The zero-order chi connectivity index (χ0) is 18.1. The maximum absolute atomic E-state index is 14.8. The van der Waals surface area contributed by atoms with Crippen LogP contribution in [-0.2, 0) is 7.05 Å². The van der Waals surface area contributed by atoms with Crippen molar-refractivity contribution in [3.05, 3.63) is 57.9 Å². The number of nitrogens with zero attached hydrogens (tertiary/aromatic N) is 2. The van der Waals surface area contributed by atoms with Crippen molar-refractivity contribution < 1.29 is 18.7 Å². The summed E-state index contributed by atoms with van der Waals surface area (Å²) in [7, 11) is 1.45. The summed E-state index contributed by atoms with van der Waals surface area (Å²) in [5.74, 6) is -1.38. The van der Waals surface area contributed by atoms with Crippen LogP contribution in [0.15, 0.2) is 41.5 Å². The molecule has 9 heteroatoms. The summed E-state index contributed by atoms with van der Waals surface area (Å²) in [5, 5.41) is -0.163. The highest BCUT2D eigenvalue weighted by Crippen LogP contribution is 2.39. The fraction of sp³-hybridized carbons (Fsp3) is 0.0625. The molecule has 0 aliphatic carbocycles. The average Bonchev–Trinajstić information content (AvgIpc) is 2.55. The highest BCUT2D eigenvalue weighted by atomic mass is 35.5. The van der Waals surface area contributed by atoms with E-state index in [2.05, 4.69) is 4.98 Å². The molecule has 3 rings (SSSR count). The van der Waals surface area contributed by atoms with E-state index in [1.54, 1.807) is 0 Å². The van der Waals surface area contributed by atoms with Crippen LogP contribution in [0.2, 0.25) is 5.02 Å². The van der Waals surface area contributed by atoms with Crippen LogP contribution < -0.4 is 20.8 Å². The molecule has 0 unspecified atom stereocenters. The molecule has 25 heavy (non-hydrogen) atoms. The number of halogens is 2. The van der Waals surface area contributed by atoms with Crippen LogP contribution in [0.1, 0.15) is 0 Å². The second-order valence-electron chi connectivity index (χ2n) is 5.02. The summed E-state index contributed by atoms with van der Waals surface area (Å²) < 4.78 is 26.2. The Hall–Kier alpha value is -3.13. The quantitative estimate of drug-likeness (QED) is 0.771. The number of aromatic nitrogens is 2. The van der Waals surface area contributed by atoms with Crippen LogP contribution in [0.3, 0.4) is 0 Å². The SMILES string of the molecule is Cn1cnc2ccc(Oc3c(Cl)cccc3OC(N)=O)c(F)c2c1=O. The summed E-state index contributed by atoms with van der Waals surface area (Å²) in [4.78, 5) is 27.1. The number of ether oxygens (including phenoxy) is 2. The maximum Gasteiger partial charge on any atom is 0.410 e. The van der Waals surface area contributed by atoms with Gasteiger partial charge in [-0.1, -0.05) is 17.7 Å². The minimum absolute atomic E-state index is 0.0670. The van der Waals surface area contributed by atoms with E-state index in [1.807, 2.05) is 0 Å². The van der Waals surface area contributed by atoms with Crippen molar-refractivity contribution >= 4 is 28.6 Å². The molecule has 2 aromatic carbocycles. The molecule has 0 bridgehead atoms. The Bertz CT molecular complexity index is 1050. The van der Waals surface area contributed by atoms with E-state index in [0.29, 0.717) is 0 Å². The Morgan fingerprint density at radius 3 is 2.76 bits per heavy atom. The summed E-state index contributed by atoms with van der Waals surface area (Å²) in [6.45, 7) is 0. The van der Waals surface area contributed by atoms with Gasteiger partial charge in [0.15, 0.2) is 23.1 Å². The second-order valence-corrected chi connectivity index (χ2v) is 5.43. The average molecular weight is 364 g/mol. The number of fused-ring (bicyclic) bond motifs is 1. The number of rotatable bonds is 3. The van der Waals surface area contributed by atoms with Crippen LogP contribution in [0.25, 0.3) is 10.9 Å². The third-order valence-corrected chi connectivity index (χ3v) is 3.64. The van der Waals surface area contributed by atoms with Crippen molar-refractivity contribution in [1.29, 1.82) is 0 Å². The first-order valence-electron chi connectivity index (χ1n) is 6.96. The lowest BCUT2D eigenvalue weighted by molar-refractivity contribution is 0.209. The van der Waals surface area contributed by atoms with Crippen molar-refractivity contribution in [1.82, 2.24) is 9.55 Å². The molecule has 0 saturated heterocycles. The molecule has 3 aromatic rings. The normalized spacial score (nSPS) is 10.7. The zero-order valence-electron chi connectivity index (χ0n) is 12.8. The van der Waals surface area contributed by atoms with Crippen LogP contribution >= 0.6 is 11.6 Å². The summed E-state index contributed by atoms with van der Waals surface area (Å²) in [5.41, 5.74) is 4.60. The van der Waals surface area contributed by atoms with Crippen molar-refractivity contribution in [3.63, 3.8) is 0 Å². The van der Waals surface area contributed by atoms with E-state index in [4.69, 9.17) is 26.8 Å². The first-order chi connectivity index (χ1) is 11.9. The van der Waals surface area contributed by atoms with E-state index in [9.17, 15) is 14.0 Å². The minimum atomic E-state index is -1.08. The van der Waals surface area contributed by atoms with Gasteiger partial charge in [-0.2, -0.15) is 0 Å². The Labute approximate surface area is 145 Å². The van der Waals surface area contributed by atoms with E-state index in [-0.39, 0.29) is 33.2 Å². The number of hydrogen-bond acceptors (Lipinski definition) is 5. The van der Waals surface area contributed by atoms with E-state index >= 15 is 0 Å². The Morgan fingerprint density at radius 2 is 2.04 bits per heavy atom. The molecule has 0 aliphatic rings. The lowest BCUT2D eigenvalue weighted by Crippen LogP contribution is -2.18. The molecule has 0 fully saturated rings. The number of amides is 1. The predicted molar refractivity (Wildman–Crippen MR) is 88.7 cm³/mol. The molecule has 0 aliphatic heterocycles. The van der Waals surface area contributed by atoms with Crippen molar-refractivity contribution in [2.45, 2.75) is 0 Å². The number of benzene rings is 2. The van der Waals surface area contributed by atoms with Crippen molar-refractivity contribution in [2.75, 3.05) is 0 Å². The van der Waals surface area contributed by atoms with Crippen molar-refractivity contribution in [3.8, 4) is 17.2 Å². The van der Waals surface area contributed by atoms with Crippen LogP contribution in [-0.4, -0.2) is 15.6 Å². The summed E-state index contributed by atoms with van der Waals surface area (Å²) in [6, 6.07) is 7.07. The molecule has 0 spiro atoms. The molecule has 0 atom stereocenters. The van der Waals surface area contributed by atoms with Gasteiger partial charge < -0.3 is 19.8 Å². The Balaban J connectivity index is 2.14. The molecule has 2 N–H and O–H groups in total. The molecule has 128 valence electrons. The largest absolute Gasteiger partial charge is 0.449 e. The van der Waals surface area contributed by atoms with Gasteiger partial charge in [0.1, 0.15) is 5.39 Å². The van der Waals surface area contributed by atoms with E-state index < -0.39 is 17.5 Å². The van der Waals surface area contributed by atoms with Gasteiger partial charge in [0.25, 0.3) is 5.56 Å². The number of carbonyl (C=O) groups excluding carboxylic acids is 1. The number of aryl methyl sites for hydroxylation is 1. The topological polar surface area (TPSA) is 96.4 Å². The Morgan fingerprint density at radius 1 is 1.28 bits per heavy atom. The Kier molecular flexibility index (Phi) is 4.28. The van der Waals surface area contributed by atoms with Gasteiger partial charge in [0.2, 0.25) is 0 Å². The second kappa shape index (κ2) is 6.40. The molecule has 7 nitrogen and oxygen atoms in total. The molecule has 1 amide bonds. The van der Waals surface area contributed by atoms with Gasteiger partial charge in [-0.15, -0.1) is 0 Å². The maximum atomic E-state index is 14.8. The van der Waals surface area contributed by atoms with Gasteiger partial charge in [-0.25, -0.2) is 14.2 Å². The smallest absolute Gasteiger partial charge is 0.410 e. The lowest BCUT2D eigenvalue weighted by Gasteiger charge is -2.13. The number of nitrogens with two attached hydrogens (primary N) is 1. The zero-order valence-corrected chi connectivity index (χ0v) is 13.6. The highest BCUT2D eigenvalue weighted by Gasteiger charge is 2.18. The van der Waals surface area contributed by atoms with Gasteiger partial charge >= 0.3 is 6.09 Å². The van der Waals surface area contributed by atoms with Gasteiger partial charge in [0.05, 0.1) is 16.9 Å². The highest BCUT2D eigenvalue weighted by molar-refractivity contribution is 6.32. The number of hydrogen-bond donors (Lipinski definition) is 1. The number of primary amides is 1. The molecule has 1 heterocycles. The predicted octanol–water partition coefficient (Wildman–Crippen LogP) is 2.98. The number of carbonyl (C=O) groups is 1. The minimum Gasteiger partial charge on any atom is -0.449 e. The fourth-order valence-corrected chi connectivity index (χ4v) is 2.41. The monoisotopic (exact) mass is 363 g/mol. The van der Waals surface area contributed by atoms with Crippen LogP contribution in [0.5, 0.6) is 17.2 Å². The van der Waals surface area contributed by atoms with Gasteiger partial charge in [-0.05, 0) is 24.3 Å². The first kappa shape index (κ1) is 16.7. The first-order valence-corrected chi connectivity index (χ1v) is 7.33. The van der Waals surface area contributed by atoms with Crippen LogP contribution in [0, 0.1) is 5.82 Å². The third-order valence-electron chi connectivity index (χ3n) is 3.34. The number of para-hydroxylation sites is 1. The summed E-state index contributed by atoms with van der Waals surface area (Å²) in [6.07, 6.45) is 0.210. The fourth-order valence-electron chi connectivity index (χ4n) is 2.20. The van der Waals surface area contributed by atoms with E-state index in [0.717, 1.165) is 4.57 Å². The van der Waals surface area contributed by atoms with Gasteiger partial charge in [-0.3, -0.25) is 4.79 Å². The third kappa shape index (κ3) is 3.11. The van der Waals surface area contributed by atoms with Gasteiger partial charge in [0, 0.05) is 7.05 Å². The standard InChI is InChI=1S/C16H11ClFN3O4/c1-21-7-20-9-5-6-10(13(18)12(9)15(21)22)24-14-8(17)3-2-4-11(14)25-16(19)23/h2-7H,1H3,(H2,19,23).